The van der Waals surface area contributed by atoms with Gasteiger partial charge in [-0.1, -0.05) is 30.3 Å². The Bertz CT molecular complexity index is 807. The Hall–Kier alpha value is -3.02. The minimum atomic E-state index is 0.541. The van der Waals surface area contributed by atoms with E-state index in [0.717, 1.165) is 22.8 Å². The summed E-state index contributed by atoms with van der Waals surface area (Å²) in [5, 5.41) is 16.1. The lowest BCUT2D eigenvalue weighted by molar-refractivity contribution is 0.776. The molecule has 3 aromatic rings. The topological polar surface area (TPSA) is 68.0 Å². The normalized spacial score (nSPS) is 11.0. The van der Waals surface area contributed by atoms with Crippen molar-refractivity contribution in [1.82, 2.24) is 20.2 Å². The minimum Gasteiger partial charge on any atom is -0.279 e. The molecule has 0 atom stereocenters. The summed E-state index contributed by atoms with van der Waals surface area (Å²) in [6.45, 7) is 4.11. The number of aryl methyl sites for hydroxylation is 2. The summed E-state index contributed by atoms with van der Waals surface area (Å²) < 4.78 is 1.71. The van der Waals surface area contributed by atoms with Gasteiger partial charge < -0.3 is 0 Å². The maximum absolute atomic E-state index is 4.27. The Morgan fingerprint density at radius 3 is 2.78 bits per heavy atom. The van der Waals surface area contributed by atoms with Crippen LogP contribution in [0.5, 0.6) is 0 Å². The van der Waals surface area contributed by atoms with E-state index in [4.69, 9.17) is 0 Å². The van der Waals surface area contributed by atoms with Crippen LogP contribution in [0.1, 0.15) is 17.0 Å². The lowest BCUT2D eigenvalue weighted by atomic mass is 10.1. The van der Waals surface area contributed by atoms with Crippen molar-refractivity contribution in [3.63, 3.8) is 0 Å². The Morgan fingerprint density at radius 1 is 1.13 bits per heavy atom. The first-order valence-electron chi connectivity index (χ1n) is 7.41. The van der Waals surface area contributed by atoms with Crippen LogP contribution in [0.2, 0.25) is 0 Å². The zero-order valence-corrected chi connectivity index (χ0v) is 13.1. The first kappa shape index (κ1) is 14.9. The molecule has 0 bridgehead atoms. The smallest absolute Gasteiger partial charge is 0.162 e. The second-order valence-corrected chi connectivity index (χ2v) is 5.29. The molecule has 0 spiro atoms. The van der Waals surface area contributed by atoms with Crippen LogP contribution in [0.4, 0.5) is 5.69 Å². The Kier molecular flexibility index (Phi) is 4.42. The van der Waals surface area contributed by atoms with E-state index in [1.165, 1.54) is 5.56 Å². The third kappa shape index (κ3) is 3.60. The Morgan fingerprint density at radius 2 is 1.96 bits per heavy atom. The zero-order valence-electron chi connectivity index (χ0n) is 13.1. The van der Waals surface area contributed by atoms with Crippen molar-refractivity contribution in [2.45, 2.75) is 20.3 Å². The van der Waals surface area contributed by atoms with Gasteiger partial charge >= 0.3 is 0 Å². The molecule has 0 saturated heterocycles. The number of para-hydroxylation sites is 1. The molecule has 3 rings (SSSR count). The minimum absolute atomic E-state index is 0.541. The summed E-state index contributed by atoms with van der Waals surface area (Å²) in [6.07, 6.45) is 2.31. The number of nitrogens with zero attached hydrogens (tertiary/aromatic N) is 5. The summed E-state index contributed by atoms with van der Waals surface area (Å²) in [4.78, 5) is 0. The number of anilines is 1. The van der Waals surface area contributed by atoms with Gasteiger partial charge in [0.05, 0.1) is 11.4 Å². The molecule has 0 aliphatic rings. The highest BCUT2D eigenvalue weighted by Gasteiger charge is 2.06. The van der Waals surface area contributed by atoms with Gasteiger partial charge in [0, 0.05) is 12.6 Å². The molecule has 0 aliphatic carbocycles. The van der Waals surface area contributed by atoms with Crippen LogP contribution < -0.4 is 5.43 Å². The standard InChI is InChI=1S/C17H18N6/c1-13-8-9-14(2)16(12-13)19-18-11-10-17-20-21-22-23(17)15-6-4-3-5-7-15/h3-9,11-12,19H,10H2,1-2H3/b18-11+. The van der Waals surface area contributed by atoms with Crippen LogP contribution in [0.25, 0.3) is 5.69 Å². The van der Waals surface area contributed by atoms with E-state index in [2.05, 4.69) is 51.2 Å². The fraction of sp³-hybridized carbons (Fsp3) is 0.176. The van der Waals surface area contributed by atoms with Gasteiger partial charge in [0.2, 0.25) is 0 Å². The van der Waals surface area contributed by atoms with Crippen molar-refractivity contribution in [2.24, 2.45) is 5.10 Å². The fourth-order valence-corrected chi connectivity index (χ4v) is 2.20. The van der Waals surface area contributed by atoms with E-state index in [1.807, 2.05) is 37.3 Å². The van der Waals surface area contributed by atoms with Crippen molar-refractivity contribution in [2.75, 3.05) is 5.43 Å². The summed E-state index contributed by atoms with van der Waals surface area (Å²) >= 11 is 0. The molecular formula is C17H18N6. The van der Waals surface area contributed by atoms with Crippen LogP contribution in [0, 0.1) is 13.8 Å². The Labute approximate surface area is 134 Å². The number of hydrogen-bond acceptors (Lipinski definition) is 5. The van der Waals surface area contributed by atoms with Gasteiger partial charge in [0.25, 0.3) is 0 Å². The molecule has 1 aromatic heterocycles. The molecule has 0 fully saturated rings. The second-order valence-electron chi connectivity index (χ2n) is 5.29. The van der Waals surface area contributed by atoms with E-state index in [1.54, 1.807) is 10.9 Å². The van der Waals surface area contributed by atoms with Gasteiger partial charge in [0.1, 0.15) is 0 Å². The third-order valence-electron chi connectivity index (χ3n) is 3.48. The van der Waals surface area contributed by atoms with Gasteiger partial charge in [-0.25, -0.2) is 0 Å². The van der Waals surface area contributed by atoms with Gasteiger partial charge in [-0.05, 0) is 53.6 Å². The average molecular weight is 306 g/mol. The van der Waals surface area contributed by atoms with Gasteiger partial charge in [-0.15, -0.1) is 5.10 Å². The molecular weight excluding hydrogens is 288 g/mol. The maximum Gasteiger partial charge on any atom is 0.162 e. The number of hydrazone groups is 1. The molecule has 1 heterocycles. The van der Waals surface area contributed by atoms with Crippen LogP contribution in [0.3, 0.4) is 0 Å². The highest BCUT2D eigenvalue weighted by Crippen LogP contribution is 2.16. The zero-order chi connectivity index (χ0) is 16.1. The molecule has 6 nitrogen and oxygen atoms in total. The SMILES string of the molecule is Cc1ccc(C)c(N/N=C/Cc2nnnn2-c2ccccc2)c1. The number of aromatic nitrogens is 4. The van der Waals surface area contributed by atoms with E-state index in [-0.39, 0.29) is 0 Å². The maximum atomic E-state index is 4.27. The van der Waals surface area contributed by atoms with Crippen LogP contribution in [-0.4, -0.2) is 26.4 Å². The molecule has 116 valence electrons. The highest BCUT2D eigenvalue weighted by atomic mass is 15.5. The lowest BCUT2D eigenvalue weighted by Gasteiger charge is -2.05. The van der Waals surface area contributed by atoms with Crippen molar-refractivity contribution >= 4 is 11.9 Å². The Balaban J connectivity index is 1.67. The number of hydrogen-bond donors (Lipinski definition) is 1. The van der Waals surface area contributed by atoms with E-state index in [9.17, 15) is 0 Å². The van der Waals surface area contributed by atoms with E-state index in [0.29, 0.717) is 6.42 Å². The number of nitrogens with one attached hydrogen (secondary N) is 1. The van der Waals surface area contributed by atoms with E-state index < -0.39 is 0 Å². The molecule has 0 aliphatic heterocycles. The molecule has 23 heavy (non-hydrogen) atoms. The molecule has 0 saturated carbocycles. The monoisotopic (exact) mass is 306 g/mol. The lowest BCUT2D eigenvalue weighted by Crippen LogP contribution is -2.04. The molecule has 0 amide bonds. The summed E-state index contributed by atoms with van der Waals surface area (Å²) in [5.74, 6) is 0.739. The fourth-order valence-electron chi connectivity index (χ4n) is 2.20. The predicted octanol–water partition coefficient (Wildman–Crippen LogP) is 2.92. The summed E-state index contributed by atoms with van der Waals surface area (Å²) in [6, 6.07) is 16.0. The number of benzene rings is 2. The first-order valence-corrected chi connectivity index (χ1v) is 7.41. The van der Waals surface area contributed by atoms with E-state index >= 15 is 0 Å². The van der Waals surface area contributed by atoms with Crippen LogP contribution >= 0.6 is 0 Å². The van der Waals surface area contributed by atoms with Crippen molar-refractivity contribution in [3.05, 3.63) is 65.5 Å². The van der Waals surface area contributed by atoms with Crippen molar-refractivity contribution in [3.8, 4) is 5.69 Å². The summed E-state index contributed by atoms with van der Waals surface area (Å²) in [7, 11) is 0. The molecule has 0 radical (unpaired) electrons. The van der Waals surface area contributed by atoms with Gasteiger partial charge in [0.15, 0.2) is 5.82 Å². The molecule has 0 unspecified atom stereocenters. The first-order chi connectivity index (χ1) is 11.2. The predicted molar refractivity (Wildman–Crippen MR) is 90.9 cm³/mol. The number of rotatable bonds is 5. The quantitative estimate of drug-likeness (QED) is 0.581. The van der Waals surface area contributed by atoms with Gasteiger partial charge in [-0.3, -0.25) is 5.43 Å². The second kappa shape index (κ2) is 6.83. The van der Waals surface area contributed by atoms with Crippen LogP contribution in [-0.2, 0) is 6.42 Å². The third-order valence-corrected chi connectivity index (χ3v) is 3.48. The molecule has 1 N–H and O–H groups in total. The van der Waals surface area contributed by atoms with Crippen molar-refractivity contribution < 1.29 is 0 Å². The van der Waals surface area contributed by atoms with Crippen molar-refractivity contribution in [1.29, 1.82) is 0 Å². The highest BCUT2D eigenvalue weighted by molar-refractivity contribution is 5.63. The molecule has 6 heteroatoms. The summed E-state index contributed by atoms with van der Waals surface area (Å²) in [5.41, 5.74) is 7.35. The van der Waals surface area contributed by atoms with Gasteiger partial charge in [-0.2, -0.15) is 9.78 Å². The average Bonchev–Trinajstić information content (AvgIpc) is 3.04. The van der Waals surface area contributed by atoms with Crippen LogP contribution in [0.15, 0.2) is 53.6 Å². The molecule has 2 aromatic carbocycles. The largest absolute Gasteiger partial charge is 0.279 e. The number of tetrazole rings is 1.